The summed E-state index contributed by atoms with van der Waals surface area (Å²) >= 11 is 0. The number of fused-ring (bicyclic) bond motifs is 1. The first kappa shape index (κ1) is 20.7. The summed E-state index contributed by atoms with van der Waals surface area (Å²) in [5.41, 5.74) is 2.74. The smallest absolute Gasteiger partial charge is 0.331 e. The van der Waals surface area contributed by atoms with Gasteiger partial charge < -0.3 is 14.9 Å². The molecule has 4 atom stereocenters. The third kappa shape index (κ3) is 4.67. The van der Waals surface area contributed by atoms with Crippen molar-refractivity contribution in [3.8, 4) is 5.75 Å². The number of allylic oxidation sites excluding steroid dienone is 1. The van der Waals surface area contributed by atoms with E-state index >= 15 is 0 Å². The van der Waals surface area contributed by atoms with Gasteiger partial charge in [0.1, 0.15) is 11.9 Å². The number of phenols is 1. The summed E-state index contributed by atoms with van der Waals surface area (Å²) < 4.78 is 5.86. The van der Waals surface area contributed by atoms with Gasteiger partial charge in [-0.2, -0.15) is 0 Å². The van der Waals surface area contributed by atoms with Crippen LogP contribution in [0.25, 0.3) is 6.08 Å². The molecule has 2 N–H and O–H groups in total. The van der Waals surface area contributed by atoms with Gasteiger partial charge in [0.05, 0.1) is 5.60 Å². The number of carbonyl (C=O) groups excluding carboxylic acids is 1. The third-order valence-corrected chi connectivity index (χ3v) is 6.50. The summed E-state index contributed by atoms with van der Waals surface area (Å²) in [5.74, 6) is 0.780. The second-order valence-electron chi connectivity index (χ2n) is 9.03. The standard InChI is InChI=1S/C24H32O4/c1-15-5-11-19-16(2)13-22(21(14-20(15)19)24(3,4)27)28-23(26)12-8-17-6-9-18(25)10-7-17/h6-10,12,15,20-22,25,27H,5,11,13-14H2,1-4H3/t15-,20-,21-,22-/m0/s1. The molecule has 1 saturated carbocycles. The fourth-order valence-corrected chi connectivity index (χ4v) is 4.82. The molecule has 1 aromatic carbocycles. The van der Waals surface area contributed by atoms with Crippen LogP contribution in [0.5, 0.6) is 5.75 Å². The molecule has 0 amide bonds. The third-order valence-electron chi connectivity index (χ3n) is 6.50. The van der Waals surface area contributed by atoms with E-state index in [0.29, 0.717) is 18.3 Å². The topological polar surface area (TPSA) is 66.8 Å². The molecular weight excluding hydrogens is 352 g/mol. The zero-order valence-electron chi connectivity index (χ0n) is 17.3. The van der Waals surface area contributed by atoms with E-state index < -0.39 is 11.6 Å². The molecule has 0 unspecified atom stereocenters. The zero-order valence-corrected chi connectivity index (χ0v) is 17.3. The van der Waals surface area contributed by atoms with Gasteiger partial charge in [-0.1, -0.05) is 30.2 Å². The molecule has 2 aliphatic rings. The quantitative estimate of drug-likeness (QED) is 0.442. The van der Waals surface area contributed by atoms with Gasteiger partial charge in [-0.3, -0.25) is 0 Å². The van der Waals surface area contributed by atoms with Gasteiger partial charge in [0.25, 0.3) is 0 Å². The van der Waals surface area contributed by atoms with Crippen molar-refractivity contribution < 1.29 is 19.7 Å². The van der Waals surface area contributed by atoms with E-state index in [1.54, 1.807) is 30.3 Å². The van der Waals surface area contributed by atoms with E-state index in [9.17, 15) is 15.0 Å². The number of phenolic OH excluding ortho intramolecular Hbond substituents is 1. The summed E-state index contributed by atoms with van der Waals surface area (Å²) in [7, 11) is 0. The van der Waals surface area contributed by atoms with E-state index in [-0.39, 0.29) is 17.8 Å². The number of hydrogen-bond donors (Lipinski definition) is 2. The molecular formula is C24H32O4. The molecule has 4 nitrogen and oxygen atoms in total. The Kier molecular flexibility index (Phi) is 5.99. The molecule has 1 aromatic rings. The SMILES string of the molecule is CC1=C2CC[C@H](C)[C@@H]2C[C@H](C(C)(C)O)[C@@H](OC(=O)C=Cc2ccc(O)cc2)C1. The van der Waals surface area contributed by atoms with Crippen LogP contribution in [0.2, 0.25) is 0 Å². The first-order chi connectivity index (χ1) is 13.1. The van der Waals surface area contributed by atoms with Crippen molar-refractivity contribution in [1.82, 2.24) is 0 Å². The Hall–Kier alpha value is -2.07. The van der Waals surface area contributed by atoms with Crippen LogP contribution in [-0.4, -0.2) is 27.9 Å². The summed E-state index contributed by atoms with van der Waals surface area (Å²) in [6.45, 7) is 8.09. The van der Waals surface area contributed by atoms with Crippen LogP contribution in [0, 0.1) is 17.8 Å². The lowest BCUT2D eigenvalue weighted by Gasteiger charge is -2.36. The van der Waals surface area contributed by atoms with Gasteiger partial charge in [0, 0.05) is 18.4 Å². The van der Waals surface area contributed by atoms with Crippen LogP contribution in [0.1, 0.15) is 58.9 Å². The summed E-state index contributed by atoms with van der Waals surface area (Å²) in [4.78, 5) is 12.5. The van der Waals surface area contributed by atoms with Crippen LogP contribution >= 0.6 is 0 Å². The van der Waals surface area contributed by atoms with E-state index in [0.717, 1.165) is 18.4 Å². The van der Waals surface area contributed by atoms with Crippen molar-refractivity contribution in [2.24, 2.45) is 17.8 Å². The van der Waals surface area contributed by atoms with Crippen molar-refractivity contribution in [2.75, 3.05) is 0 Å². The van der Waals surface area contributed by atoms with Crippen molar-refractivity contribution >= 4 is 12.0 Å². The molecule has 4 heteroatoms. The number of benzene rings is 1. The highest BCUT2D eigenvalue weighted by Crippen LogP contribution is 2.48. The Morgan fingerprint density at radius 3 is 2.57 bits per heavy atom. The Morgan fingerprint density at radius 1 is 1.25 bits per heavy atom. The number of aromatic hydroxyl groups is 1. The monoisotopic (exact) mass is 384 g/mol. The Bertz CT molecular complexity index is 767. The largest absolute Gasteiger partial charge is 0.508 e. The van der Waals surface area contributed by atoms with Gasteiger partial charge >= 0.3 is 5.97 Å². The van der Waals surface area contributed by atoms with E-state index in [4.69, 9.17) is 4.74 Å². The predicted molar refractivity (Wildman–Crippen MR) is 111 cm³/mol. The minimum Gasteiger partial charge on any atom is -0.508 e. The van der Waals surface area contributed by atoms with Crippen LogP contribution in [0.4, 0.5) is 0 Å². The molecule has 0 radical (unpaired) electrons. The number of aliphatic hydroxyl groups is 1. The van der Waals surface area contributed by atoms with Gasteiger partial charge in [-0.15, -0.1) is 0 Å². The Labute approximate surface area is 167 Å². The molecule has 2 aliphatic carbocycles. The van der Waals surface area contributed by atoms with E-state index in [1.807, 2.05) is 13.8 Å². The molecule has 1 fully saturated rings. The highest BCUT2D eigenvalue weighted by Gasteiger charge is 2.43. The minimum absolute atomic E-state index is 0.100. The average molecular weight is 385 g/mol. The summed E-state index contributed by atoms with van der Waals surface area (Å²) in [6, 6.07) is 6.63. The summed E-state index contributed by atoms with van der Waals surface area (Å²) in [6.07, 6.45) is 6.64. The fraction of sp³-hybridized carbons (Fsp3) is 0.542. The molecule has 3 rings (SSSR count). The number of rotatable bonds is 4. The highest BCUT2D eigenvalue weighted by atomic mass is 16.5. The maximum atomic E-state index is 12.5. The van der Waals surface area contributed by atoms with Crippen LogP contribution in [0.3, 0.4) is 0 Å². The van der Waals surface area contributed by atoms with Crippen LogP contribution in [0.15, 0.2) is 41.5 Å². The van der Waals surface area contributed by atoms with Gasteiger partial charge in [-0.05, 0) is 75.6 Å². The predicted octanol–water partition coefficient (Wildman–Crippen LogP) is 4.86. The molecule has 28 heavy (non-hydrogen) atoms. The van der Waals surface area contributed by atoms with E-state index in [1.165, 1.54) is 23.6 Å². The Morgan fingerprint density at radius 2 is 1.93 bits per heavy atom. The van der Waals surface area contributed by atoms with Gasteiger partial charge in [0.15, 0.2) is 0 Å². The number of hydrogen-bond acceptors (Lipinski definition) is 4. The van der Waals surface area contributed by atoms with Crippen molar-refractivity contribution in [2.45, 2.75) is 65.1 Å². The first-order valence-corrected chi connectivity index (χ1v) is 10.2. The van der Waals surface area contributed by atoms with E-state index in [2.05, 4.69) is 13.8 Å². The lowest BCUT2D eigenvalue weighted by Crippen LogP contribution is -2.42. The maximum absolute atomic E-state index is 12.5. The minimum atomic E-state index is -0.913. The number of carbonyl (C=O) groups is 1. The average Bonchev–Trinajstić information content (AvgIpc) is 2.91. The molecule has 0 spiro atoms. The van der Waals surface area contributed by atoms with Crippen LogP contribution < -0.4 is 0 Å². The molecule has 0 bridgehead atoms. The second kappa shape index (κ2) is 8.12. The lowest BCUT2D eigenvalue weighted by molar-refractivity contribution is -0.151. The number of ether oxygens (including phenoxy) is 1. The fourth-order valence-electron chi connectivity index (χ4n) is 4.82. The maximum Gasteiger partial charge on any atom is 0.331 e. The summed E-state index contributed by atoms with van der Waals surface area (Å²) in [5, 5.41) is 20.2. The van der Waals surface area contributed by atoms with Gasteiger partial charge in [-0.25, -0.2) is 4.79 Å². The normalized spacial score (nSPS) is 28.3. The van der Waals surface area contributed by atoms with Gasteiger partial charge in [0.2, 0.25) is 0 Å². The molecule has 0 saturated heterocycles. The van der Waals surface area contributed by atoms with Crippen molar-refractivity contribution in [3.05, 3.63) is 47.1 Å². The number of esters is 1. The van der Waals surface area contributed by atoms with Crippen molar-refractivity contribution in [1.29, 1.82) is 0 Å². The lowest BCUT2D eigenvalue weighted by atomic mass is 9.77. The Balaban J connectivity index is 1.77. The zero-order chi connectivity index (χ0) is 20.5. The first-order valence-electron chi connectivity index (χ1n) is 10.2. The molecule has 0 aliphatic heterocycles. The molecule has 0 aromatic heterocycles. The van der Waals surface area contributed by atoms with Crippen molar-refractivity contribution in [3.63, 3.8) is 0 Å². The molecule has 0 heterocycles. The highest BCUT2D eigenvalue weighted by molar-refractivity contribution is 5.87. The van der Waals surface area contributed by atoms with Crippen LogP contribution in [-0.2, 0) is 9.53 Å². The molecule has 152 valence electrons. The second-order valence-corrected chi connectivity index (χ2v) is 9.03.